The highest BCUT2D eigenvalue weighted by atomic mass is 16.6. The van der Waals surface area contributed by atoms with Crippen molar-refractivity contribution in [3.05, 3.63) is 71.8 Å². The zero-order valence-corrected chi connectivity index (χ0v) is 17.2. The Kier molecular flexibility index (Phi) is 8.83. The first kappa shape index (κ1) is 22.6. The van der Waals surface area contributed by atoms with E-state index < -0.39 is 36.4 Å². The van der Waals surface area contributed by atoms with E-state index in [1.54, 1.807) is 38.1 Å². The second-order valence-electron chi connectivity index (χ2n) is 6.78. The molecule has 0 aliphatic rings. The molecule has 2 rings (SSSR count). The highest BCUT2D eigenvalue weighted by Gasteiger charge is 2.27. The van der Waals surface area contributed by atoms with Gasteiger partial charge >= 0.3 is 11.9 Å². The standard InChI is InChI=1S/C23H28O6/c1-16(28-22(24)20(26-3)18-11-7-5-8-12-18)15-17(2)29-23(25)21(27-4)19-13-9-6-10-14-19/h5-14,16-17,20-21H,15H2,1-4H3/t16-,17-,20+,21+/m1/s1. The molecule has 0 aliphatic heterocycles. The first-order chi connectivity index (χ1) is 14.0. The molecule has 0 unspecified atom stereocenters. The fourth-order valence-electron chi connectivity index (χ4n) is 3.08. The van der Waals surface area contributed by atoms with Gasteiger partial charge in [0, 0.05) is 20.6 Å². The zero-order chi connectivity index (χ0) is 21.2. The lowest BCUT2D eigenvalue weighted by Crippen LogP contribution is -2.28. The summed E-state index contributed by atoms with van der Waals surface area (Å²) in [5, 5.41) is 0. The van der Waals surface area contributed by atoms with E-state index in [4.69, 9.17) is 18.9 Å². The number of methoxy groups -OCH3 is 2. The van der Waals surface area contributed by atoms with Gasteiger partial charge in [0.1, 0.15) is 12.2 Å². The molecule has 0 bridgehead atoms. The van der Waals surface area contributed by atoms with Crippen LogP contribution in [0, 0.1) is 0 Å². The Morgan fingerprint density at radius 3 is 1.34 bits per heavy atom. The average Bonchev–Trinajstić information content (AvgIpc) is 2.70. The summed E-state index contributed by atoms with van der Waals surface area (Å²) in [5.74, 6) is -0.965. The topological polar surface area (TPSA) is 71.1 Å². The summed E-state index contributed by atoms with van der Waals surface area (Å²) in [4.78, 5) is 24.9. The Balaban J connectivity index is 1.88. The van der Waals surface area contributed by atoms with Gasteiger partial charge in [-0.1, -0.05) is 60.7 Å². The highest BCUT2D eigenvalue weighted by Crippen LogP contribution is 2.22. The fourth-order valence-corrected chi connectivity index (χ4v) is 3.08. The molecule has 6 heteroatoms. The van der Waals surface area contributed by atoms with Gasteiger partial charge in [-0.25, -0.2) is 9.59 Å². The molecule has 6 nitrogen and oxygen atoms in total. The minimum absolute atomic E-state index is 0.355. The molecule has 0 saturated carbocycles. The van der Waals surface area contributed by atoms with Crippen molar-refractivity contribution in [1.29, 1.82) is 0 Å². The largest absolute Gasteiger partial charge is 0.460 e. The fraction of sp³-hybridized carbons (Fsp3) is 0.391. The summed E-state index contributed by atoms with van der Waals surface area (Å²) in [5.41, 5.74) is 1.44. The summed E-state index contributed by atoms with van der Waals surface area (Å²) in [6.45, 7) is 3.51. The van der Waals surface area contributed by atoms with E-state index >= 15 is 0 Å². The molecule has 156 valence electrons. The molecule has 2 aromatic rings. The average molecular weight is 400 g/mol. The lowest BCUT2D eigenvalue weighted by atomic mass is 10.1. The smallest absolute Gasteiger partial charge is 0.340 e. The molecular formula is C23H28O6. The van der Waals surface area contributed by atoms with Crippen LogP contribution in [0.2, 0.25) is 0 Å². The lowest BCUT2D eigenvalue weighted by Gasteiger charge is -2.23. The quantitative estimate of drug-likeness (QED) is 0.561. The molecule has 2 aromatic carbocycles. The Hall–Kier alpha value is -2.70. The second-order valence-corrected chi connectivity index (χ2v) is 6.78. The maximum absolute atomic E-state index is 12.5. The van der Waals surface area contributed by atoms with Gasteiger partial charge in [0.25, 0.3) is 0 Å². The van der Waals surface area contributed by atoms with E-state index in [0.29, 0.717) is 6.42 Å². The van der Waals surface area contributed by atoms with Crippen LogP contribution in [0.5, 0.6) is 0 Å². The van der Waals surface area contributed by atoms with Crippen LogP contribution in [-0.2, 0) is 28.5 Å². The van der Waals surface area contributed by atoms with E-state index in [2.05, 4.69) is 0 Å². The number of hydrogen-bond donors (Lipinski definition) is 0. The summed E-state index contributed by atoms with van der Waals surface area (Å²) >= 11 is 0. The van der Waals surface area contributed by atoms with Gasteiger partial charge < -0.3 is 18.9 Å². The summed E-state index contributed by atoms with van der Waals surface area (Å²) in [6.07, 6.45) is -2.15. The first-order valence-corrected chi connectivity index (χ1v) is 9.52. The minimum Gasteiger partial charge on any atom is -0.460 e. The molecule has 0 spiro atoms. The maximum Gasteiger partial charge on any atom is 0.340 e. The third-order valence-corrected chi connectivity index (χ3v) is 4.40. The van der Waals surface area contributed by atoms with Crippen molar-refractivity contribution >= 4 is 11.9 Å². The normalized spacial score (nSPS) is 15.0. The van der Waals surface area contributed by atoms with Crippen LogP contribution in [0.3, 0.4) is 0 Å². The Bertz CT molecular complexity index is 696. The van der Waals surface area contributed by atoms with Crippen molar-refractivity contribution in [2.45, 2.75) is 44.7 Å². The number of ether oxygens (including phenoxy) is 4. The van der Waals surface area contributed by atoms with Gasteiger partial charge in [-0.2, -0.15) is 0 Å². The number of benzene rings is 2. The molecular weight excluding hydrogens is 372 g/mol. The van der Waals surface area contributed by atoms with E-state index in [0.717, 1.165) is 11.1 Å². The molecule has 29 heavy (non-hydrogen) atoms. The van der Waals surface area contributed by atoms with Crippen LogP contribution >= 0.6 is 0 Å². The van der Waals surface area contributed by atoms with Crippen molar-refractivity contribution < 1.29 is 28.5 Å². The van der Waals surface area contributed by atoms with E-state index in [-0.39, 0.29) is 0 Å². The number of esters is 2. The summed E-state index contributed by atoms with van der Waals surface area (Å²) in [6, 6.07) is 18.3. The predicted molar refractivity (Wildman–Crippen MR) is 108 cm³/mol. The lowest BCUT2D eigenvalue weighted by molar-refractivity contribution is -0.166. The minimum atomic E-state index is -0.799. The Labute approximate surface area is 171 Å². The van der Waals surface area contributed by atoms with Crippen molar-refractivity contribution in [2.24, 2.45) is 0 Å². The molecule has 0 radical (unpaired) electrons. The molecule has 0 aliphatic carbocycles. The molecule has 0 N–H and O–H groups in total. The van der Waals surface area contributed by atoms with Crippen LogP contribution in [-0.4, -0.2) is 38.4 Å². The van der Waals surface area contributed by atoms with Gasteiger partial charge in [-0.15, -0.1) is 0 Å². The van der Waals surface area contributed by atoms with Crippen LogP contribution in [0.1, 0.15) is 43.6 Å². The van der Waals surface area contributed by atoms with Gasteiger partial charge in [0.2, 0.25) is 0 Å². The molecule has 0 heterocycles. The maximum atomic E-state index is 12.5. The second kappa shape index (κ2) is 11.3. The van der Waals surface area contributed by atoms with Crippen molar-refractivity contribution in [1.82, 2.24) is 0 Å². The summed E-state index contributed by atoms with van der Waals surface area (Å²) < 4.78 is 21.6. The SMILES string of the molecule is CO[C@H](C(=O)O[C@H](C)C[C@@H](C)OC(=O)[C@@H](OC)c1ccccc1)c1ccccc1. The molecule has 0 saturated heterocycles. The van der Waals surface area contributed by atoms with Crippen LogP contribution in [0.4, 0.5) is 0 Å². The zero-order valence-electron chi connectivity index (χ0n) is 17.2. The predicted octanol–water partition coefficient (Wildman–Crippen LogP) is 4.02. The molecule has 0 fully saturated rings. The number of carbonyl (C=O) groups excluding carboxylic acids is 2. The third-order valence-electron chi connectivity index (χ3n) is 4.40. The van der Waals surface area contributed by atoms with Crippen LogP contribution in [0.25, 0.3) is 0 Å². The van der Waals surface area contributed by atoms with Crippen molar-refractivity contribution in [3.63, 3.8) is 0 Å². The Morgan fingerprint density at radius 1 is 0.690 bits per heavy atom. The van der Waals surface area contributed by atoms with Gasteiger partial charge in [0.15, 0.2) is 12.2 Å². The van der Waals surface area contributed by atoms with Gasteiger partial charge in [-0.3, -0.25) is 0 Å². The van der Waals surface area contributed by atoms with E-state index in [1.165, 1.54) is 14.2 Å². The molecule has 0 aromatic heterocycles. The van der Waals surface area contributed by atoms with E-state index in [9.17, 15) is 9.59 Å². The number of carbonyl (C=O) groups is 2. The monoisotopic (exact) mass is 400 g/mol. The highest BCUT2D eigenvalue weighted by molar-refractivity contribution is 5.77. The first-order valence-electron chi connectivity index (χ1n) is 9.52. The van der Waals surface area contributed by atoms with Gasteiger partial charge in [-0.05, 0) is 25.0 Å². The molecule has 0 amide bonds. The van der Waals surface area contributed by atoms with Crippen LogP contribution in [0.15, 0.2) is 60.7 Å². The van der Waals surface area contributed by atoms with Crippen molar-refractivity contribution in [2.75, 3.05) is 14.2 Å². The summed E-state index contributed by atoms with van der Waals surface area (Å²) in [7, 11) is 2.92. The van der Waals surface area contributed by atoms with Crippen LogP contribution < -0.4 is 0 Å². The van der Waals surface area contributed by atoms with Gasteiger partial charge in [0.05, 0.1) is 0 Å². The van der Waals surface area contributed by atoms with E-state index in [1.807, 2.05) is 36.4 Å². The Morgan fingerprint density at radius 2 is 1.03 bits per heavy atom. The number of hydrogen-bond acceptors (Lipinski definition) is 6. The third kappa shape index (κ3) is 6.69. The number of rotatable bonds is 10. The molecule has 4 atom stereocenters. The van der Waals surface area contributed by atoms with Crippen molar-refractivity contribution in [3.8, 4) is 0 Å².